The number of carbonyl (C=O) groups excluding carboxylic acids is 1. The standard InChI is InChI=1S/C7H14O2.HI/c1-3-4-5-6-7(8)9-2;/h3-6H2,1-2H3;1H. The van der Waals surface area contributed by atoms with Gasteiger partial charge in [0.2, 0.25) is 0 Å². The monoisotopic (exact) mass is 258 g/mol. The molecule has 0 aromatic rings. The van der Waals surface area contributed by atoms with Gasteiger partial charge in [-0.3, -0.25) is 4.79 Å². The van der Waals surface area contributed by atoms with Crippen molar-refractivity contribution >= 4 is 29.9 Å². The van der Waals surface area contributed by atoms with E-state index in [4.69, 9.17) is 0 Å². The van der Waals surface area contributed by atoms with Gasteiger partial charge >= 0.3 is 5.97 Å². The Morgan fingerprint density at radius 2 is 2.00 bits per heavy atom. The Hall–Kier alpha value is 0.200. The van der Waals surface area contributed by atoms with Crippen LogP contribution >= 0.6 is 24.0 Å². The fourth-order valence-electron chi connectivity index (χ4n) is 0.621. The minimum atomic E-state index is -0.0940. The van der Waals surface area contributed by atoms with Crippen LogP contribution in [0.1, 0.15) is 32.6 Å². The van der Waals surface area contributed by atoms with Gasteiger partial charge < -0.3 is 4.74 Å². The molecule has 0 radical (unpaired) electrons. The molecule has 10 heavy (non-hydrogen) atoms. The van der Waals surface area contributed by atoms with Crippen molar-refractivity contribution < 1.29 is 9.53 Å². The van der Waals surface area contributed by atoms with Crippen LogP contribution in [-0.4, -0.2) is 13.1 Å². The number of ether oxygens (including phenoxy) is 1. The minimum Gasteiger partial charge on any atom is -0.469 e. The molecule has 0 atom stereocenters. The van der Waals surface area contributed by atoms with Crippen molar-refractivity contribution in [3.8, 4) is 0 Å². The Kier molecular flexibility index (Phi) is 11.8. The third-order valence-corrected chi connectivity index (χ3v) is 1.21. The average molecular weight is 258 g/mol. The molecule has 0 N–H and O–H groups in total. The number of hydrogen-bond donors (Lipinski definition) is 0. The van der Waals surface area contributed by atoms with Crippen molar-refractivity contribution in [2.24, 2.45) is 0 Å². The molecule has 0 amide bonds. The van der Waals surface area contributed by atoms with Crippen LogP contribution < -0.4 is 0 Å². The third-order valence-electron chi connectivity index (χ3n) is 1.21. The molecular weight excluding hydrogens is 243 g/mol. The van der Waals surface area contributed by atoms with Gasteiger partial charge in [0.1, 0.15) is 0 Å². The highest BCUT2D eigenvalue weighted by Crippen LogP contribution is 1.98. The van der Waals surface area contributed by atoms with E-state index in [9.17, 15) is 4.79 Å². The highest BCUT2D eigenvalue weighted by Gasteiger charge is 1.96. The fourth-order valence-corrected chi connectivity index (χ4v) is 0.621. The predicted molar refractivity (Wildman–Crippen MR) is 51.6 cm³/mol. The molecule has 0 spiro atoms. The Labute approximate surface area is 79.3 Å². The highest BCUT2D eigenvalue weighted by atomic mass is 127. The predicted octanol–water partition coefficient (Wildman–Crippen LogP) is 2.36. The summed E-state index contributed by atoms with van der Waals surface area (Å²) in [6, 6.07) is 0. The van der Waals surface area contributed by atoms with Gasteiger partial charge in [-0.25, -0.2) is 0 Å². The lowest BCUT2D eigenvalue weighted by Crippen LogP contribution is -1.98. The van der Waals surface area contributed by atoms with Crippen LogP contribution in [0.25, 0.3) is 0 Å². The molecule has 0 saturated heterocycles. The van der Waals surface area contributed by atoms with Crippen LogP contribution in [0, 0.1) is 0 Å². The molecule has 0 rings (SSSR count). The molecule has 0 unspecified atom stereocenters. The number of carbonyl (C=O) groups is 1. The van der Waals surface area contributed by atoms with Gasteiger partial charge in [0, 0.05) is 6.42 Å². The molecule has 62 valence electrons. The van der Waals surface area contributed by atoms with Crippen LogP contribution in [0.15, 0.2) is 0 Å². The van der Waals surface area contributed by atoms with Gasteiger partial charge in [0.25, 0.3) is 0 Å². The second kappa shape index (κ2) is 9.20. The Morgan fingerprint density at radius 3 is 2.40 bits per heavy atom. The smallest absolute Gasteiger partial charge is 0.305 e. The van der Waals surface area contributed by atoms with Crippen molar-refractivity contribution in [1.82, 2.24) is 0 Å². The van der Waals surface area contributed by atoms with Crippen molar-refractivity contribution in [3.63, 3.8) is 0 Å². The van der Waals surface area contributed by atoms with E-state index in [2.05, 4.69) is 11.7 Å². The molecule has 0 fully saturated rings. The highest BCUT2D eigenvalue weighted by molar-refractivity contribution is 14.0. The van der Waals surface area contributed by atoms with Gasteiger partial charge in [-0.2, -0.15) is 0 Å². The summed E-state index contributed by atoms with van der Waals surface area (Å²) in [6.45, 7) is 2.11. The van der Waals surface area contributed by atoms with Gasteiger partial charge in [0.05, 0.1) is 7.11 Å². The molecule has 0 aromatic carbocycles. The molecule has 3 heteroatoms. The van der Waals surface area contributed by atoms with Crippen LogP contribution in [0.2, 0.25) is 0 Å². The summed E-state index contributed by atoms with van der Waals surface area (Å²) in [5, 5.41) is 0. The summed E-state index contributed by atoms with van der Waals surface area (Å²) >= 11 is 0. The largest absolute Gasteiger partial charge is 0.469 e. The van der Waals surface area contributed by atoms with Crippen molar-refractivity contribution in [1.29, 1.82) is 0 Å². The Balaban J connectivity index is 0. The molecule has 0 aliphatic rings. The lowest BCUT2D eigenvalue weighted by Gasteiger charge is -1.95. The number of rotatable bonds is 4. The lowest BCUT2D eigenvalue weighted by molar-refractivity contribution is -0.140. The summed E-state index contributed by atoms with van der Waals surface area (Å²) in [6.07, 6.45) is 3.81. The van der Waals surface area contributed by atoms with Gasteiger partial charge in [-0.1, -0.05) is 19.8 Å². The van der Waals surface area contributed by atoms with E-state index in [1.807, 2.05) is 0 Å². The maximum absolute atomic E-state index is 10.5. The first kappa shape index (κ1) is 12.8. The fraction of sp³-hybridized carbons (Fsp3) is 0.857. The first-order valence-corrected chi connectivity index (χ1v) is 3.38. The molecule has 0 aromatic heterocycles. The normalized spacial score (nSPS) is 8.20. The topological polar surface area (TPSA) is 26.3 Å². The first-order valence-electron chi connectivity index (χ1n) is 3.38. The molecule has 2 nitrogen and oxygen atoms in total. The number of esters is 1. The molecule has 0 aliphatic heterocycles. The van der Waals surface area contributed by atoms with Crippen LogP contribution in [0.4, 0.5) is 0 Å². The summed E-state index contributed by atoms with van der Waals surface area (Å²) in [5.74, 6) is -0.0940. The van der Waals surface area contributed by atoms with E-state index in [0.717, 1.165) is 19.3 Å². The average Bonchev–Trinajstić information content (AvgIpc) is 1.89. The van der Waals surface area contributed by atoms with Gasteiger partial charge in [0.15, 0.2) is 0 Å². The second-order valence-corrected chi connectivity index (χ2v) is 2.03. The third kappa shape index (κ3) is 8.20. The maximum atomic E-state index is 10.5. The summed E-state index contributed by atoms with van der Waals surface area (Å²) in [5.41, 5.74) is 0. The van der Waals surface area contributed by atoms with E-state index in [0.29, 0.717) is 6.42 Å². The first-order chi connectivity index (χ1) is 4.31. The molecule has 0 aliphatic carbocycles. The lowest BCUT2D eigenvalue weighted by atomic mass is 10.2. The number of methoxy groups -OCH3 is 1. The van der Waals surface area contributed by atoms with Crippen molar-refractivity contribution in [2.45, 2.75) is 32.6 Å². The van der Waals surface area contributed by atoms with E-state index in [1.165, 1.54) is 7.11 Å². The number of hydrogen-bond acceptors (Lipinski definition) is 2. The second-order valence-electron chi connectivity index (χ2n) is 2.03. The Morgan fingerprint density at radius 1 is 1.40 bits per heavy atom. The number of halogens is 1. The summed E-state index contributed by atoms with van der Waals surface area (Å²) in [4.78, 5) is 10.5. The van der Waals surface area contributed by atoms with Crippen LogP contribution in [0.5, 0.6) is 0 Å². The van der Waals surface area contributed by atoms with E-state index < -0.39 is 0 Å². The van der Waals surface area contributed by atoms with Crippen molar-refractivity contribution in [3.05, 3.63) is 0 Å². The molecule has 0 saturated carbocycles. The van der Waals surface area contributed by atoms with E-state index >= 15 is 0 Å². The molecular formula is C7H15IO2. The quantitative estimate of drug-likeness (QED) is 0.439. The Bertz CT molecular complexity index is 83.7. The zero-order valence-corrected chi connectivity index (χ0v) is 8.88. The summed E-state index contributed by atoms with van der Waals surface area (Å²) in [7, 11) is 1.42. The summed E-state index contributed by atoms with van der Waals surface area (Å²) < 4.78 is 4.46. The molecule has 0 bridgehead atoms. The van der Waals surface area contributed by atoms with E-state index in [1.54, 1.807) is 0 Å². The zero-order valence-electron chi connectivity index (χ0n) is 6.55. The minimum absolute atomic E-state index is 0. The van der Waals surface area contributed by atoms with Gasteiger partial charge in [-0.15, -0.1) is 24.0 Å². The van der Waals surface area contributed by atoms with Gasteiger partial charge in [-0.05, 0) is 6.42 Å². The van der Waals surface area contributed by atoms with E-state index in [-0.39, 0.29) is 29.9 Å². The SMILES string of the molecule is CCCCCC(=O)OC.I. The van der Waals surface area contributed by atoms with Crippen LogP contribution in [-0.2, 0) is 9.53 Å². The zero-order chi connectivity index (χ0) is 7.11. The maximum Gasteiger partial charge on any atom is 0.305 e. The number of unbranched alkanes of at least 4 members (excludes halogenated alkanes) is 2. The van der Waals surface area contributed by atoms with Crippen molar-refractivity contribution in [2.75, 3.05) is 7.11 Å². The molecule has 0 heterocycles. The van der Waals surface area contributed by atoms with Crippen LogP contribution in [0.3, 0.4) is 0 Å².